The van der Waals surface area contributed by atoms with Crippen LogP contribution in [0.15, 0.2) is 29.2 Å². The number of aromatic nitrogens is 1. The Morgan fingerprint density at radius 2 is 2.22 bits per heavy atom. The molecule has 3 nitrogen and oxygen atoms in total. The third kappa shape index (κ3) is 1.05. The Kier molecular flexibility index (Phi) is 1.44. The summed E-state index contributed by atoms with van der Waals surface area (Å²) in [6, 6.07) is 4.53. The molecule has 1 aromatic heterocycles. The zero-order valence-electron chi connectivity index (χ0n) is 4.65. The van der Waals surface area contributed by atoms with Gasteiger partial charge in [0.15, 0.2) is 0 Å². The summed E-state index contributed by atoms with van der Waals surface area (Å²) in [6.45, 7) is 0. The van der Waals surface area contributed by atoms with Crippen LogP contribution in [0.1, 0.15) is 0 Å². The molecule has 3 heteroatoms. The van der Waals surface area contributed by atoms with Gasteiger partial charge >= 0.3 is 0 Å². The molecule has 0 atom stereocenters. The fourth-order valence-corrected chi connectivity index (χ4v) is 0.527. The lowest BCUT2D eigenvalue weighted by atomic mass is 10.5. The molecule has 0 radical (unpaired) electrons. The van der Waals surface area contributed by atoms with Gasteiger partial charge in [-0.3, -0.25) is 14.2 Å². The van der Waals surface area contributed by atoms with Crippen molar-refractivity contribution in [2.45, 2.75) is 0 Å². The monoisotopic (exact) mass is 123 g/mol. The molecule has 0 aliphatic heterocycles. The number of carbonyl (C=O) groups is 1. The Bertz CT molecular complexity index is 264. The molecular formula is C6H5NO2. The van der Waals surface area contributed by atoms with E-state index in [4.69, 9.17) is 0 Å². The first-order valence-electron chi connectivity index (χ1n) is 2.47. The lowest BCUT2D eigenvalue weighted by Crippen LogP contribution is -2.16. The molecule has 0 saturated carbocycles. The SMILES string of the molecule is O=Cn1ccccc1=O. The van der Waals surface area contributed by atoms with Crippen LogP contribution < -0.4 is 5.56 Å². The molecule has 9 heavy (non-hydrogen) atoms. The fraction of sp³-hybridized carbons (Fsp3) is 0. The average molecular weight is 123 g/mol. The van der Waals surface area contributed by atoms with E-state index >= 15 is 0 Å². The van der Waals surface area contributed by atoms with E-state index < -0.39 is 0 Å². The lowest BCUT2D eigenvalue weighted by Gasteiger charge is -1.87. The summed E-state index contributed by atoms with van der Waals surface area (Å²) in [6.07, 6.45) is 1.89. The van der Waals surface area contributed by atoms with E-state index in [1.165, 1.54) is 12.3 Å². The zero-order chi connectivity index (χ0) is 6.69. The van der Waals surface area contributed by atoms with Crippen LogP contribution in [0.2, 0.25) is 0 Å². The van der Waals surface area contributed by atoms with Crippen LogP contribution in [0.3, 0.4) is 0 Å². The summed E-state index contributed by atoms with van der Waals surface area (Å²) in [5, 5.41) is 0. The second-order valence-corrected chi connectivity index (χ2v) is 1.55. The predicted octanol–water partition coefficient (Wildman–Crippen LogP) is -0.113. The topological polar surface area (TPSA) is 39.1 Å². The Morgan fingerprint density at radius 3 is 2.67 bits per heavy atom. The maximum Gasteiger partial charge on any atom is 0.257 e. The van der Waals surface area contributed by atoms with Gasteiger partial charge in [-0.2, -0.15) is 0 Å². The maximum absolute atomic E-state index is 10.6. The second kappa shape index (κ2) is 2.26. The number of rotatable bonds is 1. The molecule has 1 rings (SSSR count). The molecule has 0 amide bonds. The van der Waals surface area contributed by atoms with E-state index in [9.17, 15) is 9.59 Å². The van der Waals surface area contributed by atoms with Crippen molar-refractivity contribution in [2.24, 2.45) is 0 Å². The largest absolute Gasteiger partial charge is 0.278 e. The molecule has 0 aromatic carbocycles. The van der Waals surface area contributed by atoms with E-state index in [0.29, 0.717) is 6.41 Å². The average Bonchev–Trinajstić information content (AvgIpc) is 1.89. The fourth-order valence-electron chi connectivity index (χ4n) is 0.527. The summed E-state index contributed by atoms with van der Waals surface area (Å²) in [4.78, 5) is 20.6. The highest BCUT2D eigenvalue weighted by Crippen LogP contribution is 1.73. The summed E-state index contributed by atoms with van der Waals surface area (Å²) in [5.74, 6) is 0. The van der Waals surface area contributed by atoms with Gasteiger partial charge in [0.1, 0.15) is 0 Å². The van der Waals surface area contributed by atoms with Gasteiger partial charge in [-0.1, -0.05) is 6.07 Å². The molecule has 0 fully saturated rings. The van der Waals surface area contributed by atoms with Crippen molar-refractivity contribution >= 4 is 6.41 Å². The van der Waals surface area contributed by atoms with Gasteiger partial charge in [0.2, 0.25) is 6.41 Å². The van der Waals surface area contributed by atoms with E-state index in [2.05, 4.69) is 0 Å². The molecule has 1 heterocycles. The van der Waals surface area contributed by atoms with Crippen molar-refractivity contribution in [3.8, 4) is 0 Å². The minimum absolute atomic E-state index is 0.299. The first-order chi connectivity index (χ1) is 4.34. The maximum atomic E-state index is 10.6. The van der Waals surface area contributed by atoms with Gasteiger partial charge in [-0.15, -0.1) is 0 Å². The summed E-state index contributed by atoms with van der Waals surface area (Å²) in [5.41, 5.74) is -0.299. The number of nitrogens with zero attached hydrogens (tertiary/aromatic N) is 1. The molecule has 0 bridgehead atoms. The van der Waals surface area contributed by atoms with Crippen LogP contribution in [0.4, 0.5) is 0 Å². The normalized spacial score (nSPS) is 8.89. The van der Waals surface area contributed by atoms with Gasteiger partial charge in [-0.25, -0.2) is 0 Å². The van der Waals surface area contributed by atoms with E-state index in [1.807, 2.05) is 0 Å². The van der Waals surface area contributed by atoms with Gasteiger partial charge in [-0.05, 0) is 6.07 Å². The predicted molar refractivity (Wildman–Crippen MR) is 32.9 cm³/mol. The van der Waals surface area contributed by atoms with Crippen LogP contribution in [0.5, 0.6) is 0 Å². The summed E-state index contributed by atoms with van der Waals surface area (Å²) >= 11 is 0. The first-order valence-corrected chi connectivity index (χ1v) is 2.47. The van der Waals surface area contributed by atoms with E-state index in [-0.39, 0.29) is 5.56 Å². The third-order valence-corrected chi connectivity index (χ3v) is 0.965. The summed E-state index contributed by atoms with van der Waals surface area (Å²) < 4.78 is 0.972. The molecule has 0 aliphatic rings. The smallest absolute Gasteiger partial charge is 0.257 e. The van der Waals surface area contributed by atoms with Crippen LogP contribution in [0.25, 0.3) is 0 Å². The third-order valence-electron chi connectivity index (χ3n) is 0.965. The van der Waals surface area contributed by atoms with Gasteiger partial charge in [0.05, 0.1) is 0 Å². The standard InChI is InChI=1S/C6H5NO2/c8-5-7-4-2-1-3-6(7)9/h1-5H. The van der Waals surface area contributed by atoms with Crippen LogP contribution >= 0.6 is 0 Å². The number of carbonyl (C=O) groups excluding carboxylic acids is 1. The Balaban J connectivity index is 3.32. The van der Waals surface area contributed by atoms with E-state index in [0.717, 1.165) is 4.57 Å². The molecule has 0 N–H and O–H groups in total. The number of hydrogen-bond donors (Lipinski definition) is 0. The Morgan fingerprint density at radius 1 is 1.44 bits per heavy atom. The van der Waals surface area contributed by atoms with Crippen molar-refractivity contribution in [3.63, 3.8) is 0 Å². The Hall–Kier alpha value is -1.38. The highest BCUT2D eigenvalue weighted by atomic mass is 16.2. The summed E-state index contributed by atoms with van der Waals surface area (Å²) in [7, 11) is 0. The molecule has 0 spiro atoms. The Labute approximate surface area is 51.5 Å². The number of pyridine rings is 1. The first kappa shape index (κ1) is 5.75. The minimum atomic E-state index is -0.299. The van der Waals surface area contributed by atoms with Crippen molar-refractivity contribution < 1.29 is 4.79 Å². The molecule has 0 saturated heterocycles. The van der Waals surface area contributed by atoms with Crippen LogP contribution in [-0.4, -0.2) is 11.0 Å². The lowest BCUT2D eigenvalue weighted by molar-refractivity contribution is 0.545. The highest BCUT2D eigenvalue weighted by Gasteiger charge is 1.85. The van der Waals surface area contributed by atoms with Crippen molar-refractivity contribution in [3.05, 3.63) is 34.7 Å². The number of hydrogen-bond acceptors (Lipinski definition) is 2. The second-order valence-electron chi connectivity index (χ2n) is 1.55. The van der Waals surface area contributed by atoms with E-state index in [1.54, 1.807) is 12.1 Å². The molecular weight excluding hydrogens is 118 g/mol. The van der Waals surface area contributed by atoms with Crippen molar-refractivity contribution in [1.29, 1.82) is 0 Å². The molecule has 1 aromatic rings. The van der Waals surface area contributed by atoms with Crippen LogP contribution in [-0.2, 0) is 4.79 Å². The van der Waals surface area contributed by atoms with Gasteiger partial charge < -0.3 is 0 Å². The minimum Gasteiger partial charge on any atom is -0.278 e. The van der Waals surface area contributed by atoms with Gasteiger partial charge in [0, 0.05) is 12.3 Å². The molecule has 0 unspecified atom stereocenters. The van der Waals surface area contributed by atoms with Crippen molar-refractivity contribution in [1.82, 2.24) is 4.57 Å². The quantitative estimate of drug-likeness (QED) is 0.488. The highest BCUT2D eigenvalue weighted by molar-refractivity contribution is 5.51. The van der Waals surface area contributed by atoms with Crippen molar-refractivity contribution in [2.75, 3.05) is 0 Å². The van der Waals surface area contributed by atoms with Gasteiger partial charge in [0.25, 0.3) is 5.56 Å². The zero-order valence-corrected chi connectivity index (χ0v) is 4.65. The molecule has 46 valence electrons. The van der Waals surface area contributed by atoms with Crippen LogP contribution in [0, 0.1) is 0 Å². The molecule has 0 aliphatic carbocycles.